The van der Waals surface area contributed by atoms with Gasteiger partial charge in [0.1, 0.15) is 0 Å². The molecule has 1 N–H and O–H groups in total. The Bertz CT molecular complexity index is 114. The monoisotopic (exact) mass is 201 g/mol. The summed E-state index contributed by atoms with van der Waals surface area (Å²) < 4.78 is 10.9. The minimum absolute atomic E-state index is 0.0526. The van der Waals surface area contributed by atoms with Crippen LogP contribution >= 0.6 is 0 Å². The van der Waals surface area contributed by atoms with Gasteiger partial charge in [0.2, 0.25) is 0 Å². The summed E-state index contributed by atoms with van der Waals surface area (Å²) in [6.07, 6.45) is 3.34. The van der Waals surface area contributed by atoms with Crippen LogP contribution in [0.1, 0.15) is 33.1 Å². The van der Waals surface area contributed by atoms with Crippen LogP contribution in [0, 0.1) is 0 Å². The fraction of sp³-hybridized carbons (Fsp3) is 1.00. The number of hydrogen-bond donors (Lipinski definition) is 1. The number of rotatable bonds is 10. The van der Waals surface area contributed by atoms with E-state index in [2.05, 4.69) is 19.2 Å². The average Bonchev–Trinajstić information content (AvgIpc) is 2.18. The molecule has 0 unspecified atom stereocenters. The molecule has 3 nitrogen and oxygen atoms in total. The third-order valence-electron chi connectivity index (χ3n) is 1.95. The molecule has 14 heavy (non-hydrogen) atoms. The number of nitrogens with one attached hydrogen (secondary N) is 1. The Balaban J connectivity index is 3.06. The molecule has 0 rings (SSSR count). The molecule has 0 aromatic heterocycles. The van der Waals surface area contributed by atoms with E-state index in [4.69, 9.17) is 9.31 Å². The van der Waals surface area contributed by atoms with Crippen molar-refractivity contribution in [3.05, 3.63) is 0 Å². The normalized spacial score (nSPS) is 10.5. The maximum atomic E-state index is 5.47. The lowest BCUT2D eigenvalue weighted by atomic mass is 9.95. The van der Waals surface area contributed by atoms with Gasteiger partial charge in [0.15, 0.2) is 0 Å². The summed E-state index contributed by atoms with van der Waals surface area (Å²) in [7, 11) is -0.0526. The maximum Gasteiger partial charge on any atom is 0.453 e. The third kappa shape index (κ3) is 10.0. The van der Waals surface area contributed by atoms with Crippen molar-refractivity contribution in [2.75, 3.05) is 26.3 Å². The zero-order chi connectivity index (χ0) is 10.6. The largest absolute Gasteiger partial charge is 0.453 e. The molecule has 0 heterocycles. The average molecular weight is 201 g/mol. The second-order valence-corrected chi connectivity index (χ2v) is 3.37. The summed E-state index contributed by atoms with van der Waals surface area (Å²) in [6, 6.07) is 0. The molecule has 0 aliphatic rings. The van der Waals surface area contributed by atoms with E-state index in [1.165, 1.54) is 6.42 Å². The van der Waals surface area contributed by atoms with Gasteiger partial charge in [0.05, 0.1) is 0 Å². The summed E-state index contributed by atoms with van der Waals surface area (Å²) in [5, 5.41) is 3.25. The van der Waals surface area contributed by atoms with Crippen molar-refractivity contribution < 1.29 is 9.31 Å². The van der Waals surface area contributed by atoms with Gasteiger partial charge in [-0.05, 0) is 32.8 Å². The first kappa shape index (κ1) is 13.9. The first-order chi connectivity index (χ1) is 6.81. The summed E-state index contributed by atoms with van der Waals surface area (Å²) in [6.45, 7) is 9.87. The van der Waals surface area contributed by atoms with Gasteiger partial charge in [0.25, 0.3) is 0 Å². The molecule has 4 heteroatoms. The lowest BCUT2D eigenvalue weighted by molar-refractivity contribution is 0.197. The van der Waals surface area contributed by atoms with E-state index in [0.29, 0.717) is 0 Å². The third-order valence-corrected chi connectivity index (χ3v) is 1.95. The van der Waals surface area contributed by atoms with Crippen molar-refractivity contribution in [2.24, 2.45) is 0 Å². The van der Waals surface area contributed by atoms with Gasteiger partial charge in [0, 0.05) is 13.2 Å². The molecule has 0 aromatic carbocycles. The van der Waals surface area contributed by atoms with Crippen molar-refractivity contribution in [3.63, 3.8) is 0 Å². The Morgan fingerprint density at radius 1 is 1.07 bits per heavy atom. The predicted octanol–water partition coefficient (Wildman–Crippen LogP) is 1.94. The lowest BCUT2D eigenvalue weighted by Gasteiger charge is -2.10. The van der Waals surface area contributed by atoms with E-state index in [9.17, 15) is 0 Å². The minimum atomic E-state index is -0.0526. The van der Waals surface area contributed by atoms with Gasteiger partial charge in [-0.3, -0.25) is 0 Å². The van der Waals surface area contributed by atoms with Gasteiger partial charge >= 0.3 is 7.12 Å². The van der Waals surface area contributed by atoms with Crippen molar-refractivity contribution in [1.82, 2.24) is 5.32 Å². The molecule has 0 aromatic rings. The molecule has 0 aliphatic carbocycles. The van der Waals surface area contributed by atoms with E-state index in [-0.39, 0.29) is 7.12 Å². The smallest absolute Gasteiger partial charge is 0.411 e. The van der Waals surface area contributed by atoms with E-state index < -0.39 is 0 Å². The number of unbranched alkanes of at least 4 members (excludes halogenated alkanes) is 1. The SMILES string of the molecule is CCCCOB(C)OCCCNCC. The standard InChI is InChI=1S/C10H24BNO2/c1-4-6-9-13-11(3)14-10-7-8-12-5-2/h12H,4-10H2,1-3H3. The second-order valence-electron chi connectivity index (χ2n) is 3.37. The van der Waals surface area contributed by atoms with Crippen LogP contribution in [0.2, 0.25) is 6.82 Å². The van der Waals surface area contributed by atoms with Crippen LogP contribution in [0.25, 0.3) is 0 Å². The van der Waals surface area contributed by atoms with Crippen LogP contribution < -0.4 is 5.32 Å². The first-order valence-corrected chi connectivity index (χ1v) is 5.75. The van der Waals surface area contributed by atoms with Gasteiger partial charge in [-0.25, -0.2) is 0 Å². The van der Waals surface area contributed by atoms with Crippen LogP contribution in [0.15, 0.2) is 0 Å². The van der Waals surface area contributed by atoms with Crippen molar-refractivity contribution in [3.8, 4) is 0 Å². The maximum absolute atomic E-state index is 5.47. The topological polar surface area (TPSA) is 30.5 Å². The summed E-state index contributed by atoms with van der Waals surface area (Å²) in [5.41, 5.74) is 0. The highest BCUT2D eigenvalue weighted by molar-refractivity contribution is 6.42. The number of hydrogen-bond acceptors (Lipinski definition) is 3. The predicted molar refractivity (Wildman–Crippen MR) is 61.6 cm³/mol. The molecular weight excluding hydrogens is 177 g/mol. The zero-order valence-electron chi connectivity index (χ0n) is 9.84. The molecule has 0 bridgehead atoms. The van der Waals surface area contributed by atoms with Crippen molar-refractivity contribution in [2.45, 2.75) is 39.9 Å². The van der Waals surface area contributed by atoms with Crippen molar-refractivity contribution >= 4 is 7.12 Å². The van der Waals surface area contributed by atoms with Gasteiger partial charge in [-0.1, -0.05) is 20.3 Å². The fourth-order valence-electron chi connectivity index (χ4n) is 1.06. The van der Waals surface area contributed by atoms with Crippen LogP contribution in [-0.4, -0.2) is 33.4 Å². The van der Waals surface area contributed by atoms with E-state index in [1.54, 1.807) is 0 Å². The molecular formula is C10H24BNO2. The molecule has 0 saturated heterocycles. The highest BCUT2D eigenvalue weighted by Gasteiger charge is 2.08. The molecule has 0 radical (unpaired) electrons. The van der Waals surface area contributed by atoms with E-state index in [0.717, 1.165) is 39.1 Å². The molecule has 0 aliphatic heterocycles. The molecule has 0 atom stereocenters. The summed E-state index contributed by atoms with van der Waals surface area (Å²) in [4.78, 5) is 0. The van der Waals surface area contributed by atoms with Crippen molar-refractivity contribution in [1.29, 1.82) is 0 Å². The Morgan fingerprint density at radius 3 is 2.29 bits per heavy atom. The van der Waals surface area contributed by atoms with Gasteiger partial charge < -0.3 is 14.6 Å². The lowest BCUT2D eigenvalue weighted by Crippen LogP contribution is -2.22. The van der Waals surface area contributed by atoms with Crippen LogP contribution in [0.3, 0.4) is 0 Å². The molecule has 0 fully saturated rings. The quantitative estimate of drug-likeness (QED) is 0.432. The highest BCUT2D eigenvalue weighted by atomic mass is 16.6. The highest BCUT2D eigenvalue weighted by Crippen LogP contribution is 1.94. The Morgan fingerprint density at radius 2 is 1.71 bits per heavy atom. The first-order valence-electron chi connectivity index (χ1n) is 5.75. The Kier molecular flexibility index (Phi) is 11.0. The van der Waals surface area contributed by atoms with Crippen LogP contribution in [0.4, 0.5) is 0 Å². The Hall–Kier alpha value is -0.0551. The van der Waals surface area contributed by atoms with E-state index in [1.807, 2.05) is 6.82 Å². The summed E-state index contributed by atoms with van der Waals surface area (Å²) >= 11 is 0. The molecule has 0 saturated carbocycles. The fourth-order valence-corrected chi connectivity index (χ4v) is 1.06. The van der Waals surface area contributed by atoms with E-state index >= 15 is 0 Å². The van der Waals surface area contributed by atoms with Crippen LogP contribution in [-0.2, 0) is 9.31 Å². The van der Waals surface area contributed by atoms with Gasteiger partial charge in [-0.15, -0.1) is 0 Å². The van der Waals surface area contributed by atoms with Crippen LogP contribution in [0.5, 0.6) is 0 Å². The Labute approximate surface area is 88.7 Å². The van der Waals surface area contributed by atoms with Gasteiger partial charge in [-0.2, -0.15) is 0 Å². The summed E-state index contributed by atoms with van der Waals surface area (Å²) in [5.74, 6) is 0. The minimum Gasteiger partial charge on any atom is -0.411 e. The molecule has 84 valence electrons. The second kappa shape index (κ2) is 11.0. The molecule has 0 amide bonds. The zero-order valence-corrected chi connectivity index (χ0v) is 9.84. The molecule has 0 spiro atoms.